The molecule has 134 valence electrons. The monoisotopic (exact) mass is 371 g/mol. The van der Waals surface area contributed by atoms with Gasteiger partial charge in [0.05, 0.1) is 16.6 Å². The third-order valence-electron chi connectivity index (χ3n) is 3.92. The first-order valence-electron chi connectivity index (χ1n) is 8.14. The predicted molar refractivity (Wildman–Crippen MR) is 101 cm³/mol. The second-order valence-electron chi connectivity index (χ2n) is 5.73. The van der Waals surface area contributed by atoms with Crippen LogP contribution in [0, 0.1) is 0 Å². The number of aromatic nitrogens is 2. The summed E-state index contributed by atoms with van der Waals surface area (Å²) in [6.45, 7) is 1.11. The van der Waals surface area contributed by atoms with E-state index in [1.807, 2.05) is 0 Å². The zero-order chi connectivity index (χ0) is 18.5. The fourth-order valence-corrected chi connectivity index (χ4v) is 2.78. The third-order valence-corrected chi connectivity index (χ3v) is 4.15. The Morgan fingerprint density at radius 2 is 2.12 bits per heavy atom. The summed E-state index contributed by atoms with van der Waals surface area (Å²) in [5.41, 5.74) is 1.35. The highest BCUT2D eigenvalue weighted by Crippen LogP contribution is 2.15. The molecule has 0 atom stereocenters. The second-order valence-corrected chi connectivity index (χ2v) is 6.17. The minimum atomic E-state index is -0.218. The lowest BCUT2D eigenvalue weighted by atomic mass is 10.1. The summed E-state index contributed by atoms with van der Waals surface area (Å²) >= 11 is 5.99. The molecule has 6 nitrogen and oxygen atoms in total. The Hall–Kier alpha value is -2.70. The van der Waals surface area contributed by atoms with Gasteiger partial charge in [0, 0.05) is 30.8 Å². The summed E-state index contributed by atoms with van der Waals surface area (Å²) in [5, 5.41) is 3.78. The average Bonchev–Trinajstić information content (AvgIpc) is 2.65. The summed E-state index contributed by atoms with van der Waals surface area (Å²) in [5.74, 6) is -0.205. The van der Waals surface area contributed by atoms with Crippen molar-refractivity contribution in [3.05, 3.63) is 69.7 Å². The van der Waals surface area contributed by atoms with Gasteiger partial charge in [0.2, 0.25) is 0 Å². The maximum absolute atomic E-state index is 12.7. The number of hydrogen-bond donors (Lipinski definition) is 1. The Balaban J connectivity index is 1.89. The number of carbonyl (C=O) groups is 1. The molecule has 0 radical (unpaired) electrons. The highest BCUT2D eigenvalue weighted by atomic mass is 35.5. The number of hydrogen-bond acceptors (Lipinski definition) is 4. The SMILES string of the molecule is COCCCNC(=O)c1ccc2c(=O)n(-c3cccc(Cl)c3)cnc2c1. The van der Waals surface area contributed by atoms with Crippen LogP contribution in [0.5, 0.6) is 0 Å². The molecule has 1 N–H and O–H groups in total. The molecule has 0 fully saturated rings. The fourth-order valence-electron chi connectivity index (χ4n) is 2.59. The second kappa shape index (κ2) is 8.12. The van der Waals surface area contributed by atoms with Crippen LogP contribution in [0.3, 0.4) is 0 Å². The number of rotatable bonds is 6. The highest BCUT2D eigenvalue weighted by Gasteiger charge is 2.10. The van der Waals surface area contributed by atoms with Gasteiger partial charge in [-0.3, -0.25) is 14.2 Å². The van der Waals surface area contributed by atoms with Gasteiger partial charge in [-0.25, -0.2) is 4.98 Å². The largest absolute Gasteiger partial charge is 0.385 e. The summed E-state index contributed by atoms with van der Waals surface area (Å²) < 4.78 is 6.38. The Bertz CT molecular complexity index is 1000. The van der Waals surface area contributed by atoms with Crippen LogP contribution in [-0.2, 0) is 4.74 Å². The number of benzene rings is 2. The van der Waals surface area contributed by atoms with Gasteiger partial charge < -0.3 is 10.1 Å². The quantitative estimate of drug-likeness (QED) is 0.676. The van der Waals surface area contributed by atoms with E-state index in [4.69, 9.17) is 16.3 Å². The van der Waals surface area contributed by atoms with Gasteiger partial charge in [-0.15, -0.1) is 0 Å². The Morgan fingerprint density at radius 3 is 2.88 bits per heavy atom. The van der Waals surface area contributed by atoms with Crippen molar-refractivity contribution >= 4 is 28.4 Å². The molecule has 26 heavy (non-hydrogen) atoms. The molecular weight excluding hydrogens is 354 g/mol. The number of fused-ring (bicyclic) bond motifs is 1. The zero-order valence-corrected chi connectivity index (χ0v) is 15.0. The standard InChI is InChI=1S/C19H18ClN3O3/c1-26-9-3-8-21-18(24)13-6-7-16-17(10-13)22-12-23(19(16)25)15-5-2-4-14(20)11-15/h2,4-7,10-12H,3,8-9H2,1H3,(H,21,24). The average molecular weight is 372 g/mol. The van der Waals surface area contributed by atoms with Gasteiger partial charge in [-0.1, -0.05) is 17.7 Å². The minimum Gasteiger partial charge on any atom is -0.385 e. The molecule has 0 aliphatic heterocycles. The van der Waals surface area contributed by atoms with Gasteiger partial charge in [0.1, 0.15) is 6.33 Å². The van der Waals surface area contributed by atoms with Crippen LogP contribution < -0.4 is 10.9 Å². The summed E-state index contributed by atoms with van der Waals surface area (Å²) in [7, 11) is 1.62. The van der Waals surface area contributed by atoms with E-state index in [0.29, 0.717) is 40.3 Å². The van der Waals surface area contributed by atoms with Crippen molar-refractivity contribution in [2.75, 3.05) is 20.3 Å². The molecule has 7 heteroatoms. The van der Waals surface area contributed by atoms with Crippen molar-refractivity contribution in [3.8, 4) is 5.69 Å². The van der Waals surface area contributed by atoms with E-state index in [-0.39, 0.29) is 11.5 Å². The molecule has 0 aliphatic rings. The smallest absolute Gasteiger partial charge is 0.265 e. The summed E-state index contributed by atoms with van der Waals surface area (Å²) in [4.78, 5) is 29.2. The first-order chi connectivity index (χ1) is 12.6. The highest BCUT2D eigenvalue weighted by molar-refractivity contribution is 6.30. The molecule has 0 bridgehead atoms. The van der Waals surface area contributed by atoms with Crippen LogP contribution in [0.1, 0.15) is 16.8 Å². The van der Waals surface area contributed by atoms with E-state index in [1.165, 1.54) is 10.9 Å². The van der Waals surface area contributed by atoms with Crippen molar-refractivity contribution < 1.29 is 9.53 Å². The van der Waals surface area contributed by atoms with Crippen LogP contribution in [0.25, 0.3) is 16.6 Å². The molecule has 3 rings (SSSR count). The van der Waals surface area contributed by atoms with Crippen molar-refractivity contribution in [3.63, 3.8) is 0 Å². The van der Waals surface area contributed by atoms with Crippen molar-refractivity contribution in [1.29, 1.82) is 0 Å². The lowest BCUT2D eigenvalue weighted by Crippen LogP contribution is -2.25. The van der Waals surface area contributed by atoms with Gasteiger partial charge >= 0.3 is 0 Å². The van der Waals surface area contributed by atoms with Crippen LogP contribution in [0.4, 0.5) is 0 Å². The van der Waals surface area contributed by atoms with E-state index in [0.717, 1.165) is 6.42 Å². The van der Waals surface area contributed by atoms with Crippen LogP contribution >= 0.6 is 11.6 Å². The van der Waals surface area contributed by atoms with Gasteiger partial charge in [-0.05, 0) is 42.8 Å². The summed E-state index contributed by atoms with van der Waals surface area (Å²) in [6.07, 6.45) is 2.18. The topological polar surface area (TPSA) is 73.2 Å². The number of halogens is 1. The maximum Gasteiger partial charge on any atom is 0.265 e. The van der Waals surface area contributed by atoms with Crippen LogP contribution in [-0.4, -0.2) is 35.7 Å². The molecule has 0 spiro atoms. The fraction of sp³-hybridized carbons (Fsp3) is 0.211. The molecule has 0 unspecified atom stereocenters. The molecule has 1 aromatic heterocycles. The molecule has 0 saturated carbocycles. The van der Waals surface area contributed by atoms with Crippen molar-refractivity contribution in [2.45, 2.75) is 6.42 Å². The number of carbonyl (C=O) groups excluding carboxylic acids is 1. The van der Waals surface area contributed by atoms with E-state index in [9.17, 15) is 9.59 Å². The number of amides is 1. The molecule has 3 aromatic rings. The van der Waals surface area contributed by atoms with Gasteiger partial charge in [-0.2, -0.15) is 0 Å². The van der Waals surface area contributed by atoms with E-state index in [1.54, 1.807) is 49.6 Å². The van der Waals surface area contributed by atoms with E-state index >= 15 is 0 Å². The van der Waals surface area contributed by atoms with E-state index in [2.05, 4.69) is 10.3 Å². The van der Waals surface area contributed by atoms with Gasteiger partial charge in [0.25, 0.3) is 11.5 Å². The molecular formula is C19H18ClN3O3. The summed E-state index contributed by atoms with van der Waals surface area (Å²) in [6, 6.07) is 11.8. The van der Waals surface area contributed by atoms with E-state index < -0.39 is 0 Å². The van der Waals surface area contributed by atoms with Crippen molar-refractivity contribution in [1.82, 2.24) is 14.9 Å². The Kier molecular flexibility index (Phi) is 5.65. The Morgan fingerprint density at radius 1 is 1.27 bits per heavy atom. The lowest BCUT2D eigenvalue weighted by molar-refractivity contribution is 0.0948. The number of ether oxygens (including phenoxy) is 1. The number of methoxy groups -OCH3 is 1. The third kappa shape index (κ3) is 3.92. The zero-order valence-electron chi connectivity index (χ0n) is 14.2. The molecule has 2 aromatic carbocycles. The minimum absolute atomic E-state index is 0.205. The van der Waals surface area contributed by atoms with Gasteiger partial charge in [0.15, 0.2) is 0 Å². The molecule has 0 saturated heterocycles. The van der Waals surface area contributed by atoms with Crippen LogP contribution in [0.15, 0.2) is 53.6 Å². The predicted octanol–water partition coefficient (Wildman–Crippen LogP) is 2.81. The molecule has 1 heterocycles. The number of nitrogens with one attached hydrogen (secondary N) is 1. The first kappa shape index (κ1) is 18.1. The first-order valence-corrected chi connectivity index (χ1v) is 8.52. The lowest BCUT2D eigenvalue weighted by Gasteiger charge is -2.08. The normalized spacial score (nSPS) is 10.8. The van der Waals surface area contributed by atoms with Crippen molar-refractivity contribution in [2.24, 2.45) is 0 Å². The maximum atomic E-state index is 12.7. The van der Waals surface area contributed by atoms with Crippen LogP contribution in [0.2, 0.25) is 5.02 Å². The molecule has 1 amide bonds. The number of nitrogens with zero attached hydrogens (tertiary/aromatic N) is 2. The molecule has 0 aliphatic carbocycles. The Labute approximate surface area is 155 Å².